The Morgan fingerprint density at radius 3 is 2.22 bits per heavy atom. The smallest absolute Gasteiger partial charge is 0.239 e. The van der Waals surface area contributed by atoms with E-state index in [1.807, 2.05) is 30.3 Å². The van der Waals surface area contributed by atoms with E-state index in [0.29, 0.717) is 15.7 Å². The van der Waals surface area contributed by atoms with Crippen LogP contribution in [0, 0.1) is 0 Å². The third-order valence-corrected chi connectivity index (χ3v) is 4.47. The van der Waals surface area contributed by atoms with E-state index in [2.05, 4.69) is 15.2 Å². The Morgan fingerprint density at radius 1 is 0.957 bits per heavy atom. The second-order valence-corrected chi connectivity index (χ2v) is 6.90. The molecule has 1 unspecified atom stereocenters. The molecule has 0 aliphatic carbocycles. The van der Waals surface area contributed by atoms with Gasteiger partial charge in [-0.05, 0) is 17.7 Å². The summed E-state index contributed by atoms with van der Waals surface area (Å²) < 4.78 is 11.3. The van der Waals surface area contributed by atoms with Gasteiger partial charge in [-0.3, -0.25) is 4.21 Å². The highest BCUT2D eigenvalue weighted by Gasteiger charge is 2.07. The van der Waals surface area contributed by atoms with Gasteiger partial charge in [0.25, 0.3) is 0 Å². The molecule has 3 rings (SSSR count). The Labute approximate surface area is 146 Å². The van der Waals surface area contributed by atoms with Crippen molar-refractivity contribution in [1.82, 2.24) is 15.2 Å². The van der Waals surface area contributed by atoms with Gasteiger partial charge in [-0.1, -0.05) is 53.5 Å². The average molecular weight is 364 g/mol. The Hall–Kier alpha value is -1.82. The van der Waals surface area contributed by atoms with Crippen molar-refractivity contribution in [3.8, 4) is 22.4 Å². The number of benzene rings is 2. The molecule has 0 aliphatic heterocycles. The fourth-order valence-electron chi connectivity index (χ4n) is 2.07. The van der Waals surface area contributed by atoms with Gasteiger partial charge in [0, 0.05) is 27.4 Å². The minimum atomic E-state index is -1.24. The third kappa shape index (κ3) is 3.58. The maximum atomic E-state index is 11.3. The normalized spacial score (nSPS) is 12.1. The minimum Gasteiger partial charge on any atom is -0.251 e. The summed E-state index contributed by atoms with van der Waals surface area (Å²) in [7, 11) is -1.24. The molecule has 0 amide bonds. The van der Waals surface area contributed by atoms with E-state index in [1.165, 1.54) is 6.26 Å². The van der Waals surface area contributed by atoms with Crippen LogP contribution >= 0.6 is 23.2 Å². The van der Waals surface area contributed by atoms with Gasteiger partial charge in [-0.2, -0.15) is 0 Å². The molecule has 0 saturated carbocycles. The van der Waals surface area contributed by atoms with Crippen molar-refractivity contribution in [3.63, 3.8) is 0 Å². The summed E-state index contributed by atoms with van der Waals surface area (Å²) in [6.07, 6.45) is 3.08. The molecule has 2 aromatic carbocycles. The molecule has 0 bridgehead atoms. The second kappa shape index (κ2) is 6.74. The third-order valence-electron chi connectivity index (χ3n) is 3.22. The van der Waals surface area contributed by atoms with E-state index in [4.69, 9.17) is 23.2 Å². The molecule has 1 aromatic heterocycles. The lowest BCUT2D eigenvalue weighted by atomic mass is 10.0. The lowest BCUT2D eigenvalue weighted by molar-refractivity contribution is 0.675. The van der Waals surface area contributed by atoms with Gasteiger partial charge in [-0.15, -0.1) is 10.2 Å². The first kappa shape index (κ1) is 16.1. The van der Waals surface area contributed by atoms with Gasteiger partial charge in [0.05, 0.1) is 17.0 Å². The molecule has 4 nitrogen and oxygen atoms in total. The molecule has 0 saturated heterocycles. The molecule has 0 aliphatic rings. The van der Waals surface area contributed by atoms with Gasteiger partial charge in [-0.25, -0.2) is 4.98 Å². The zero-order valence-electron chi connectivity index (χ0n) is 12.0. The van der Waals surface area contributed by atoms with Crippen LogP contribution in [0.15, 0.2) is 53.8 Å². The maximum Gasteiger partial charge on any atom is 0.239 e. The highest BCUT2D eigenvalue weighted by Crippen LogP contribution is 2.31. The summed E-state index contributed by atoms with van der Waals surface area (Å²) in [5.74, 6) is 0. The van der Waals surface area contributed by atoms with Crippen molar-refractivity contribution in [2.45, 2.75) is 5.16 Å². The largest absolute Gasteiger partial charge is 0.251 e. The van der Waals surface area contributed by atoms with Crippen LogP contribution in [-0.2, 0) is 10.8 Å². The van der Waals surface area contributed by atoms with Crippen molar-refractivity contribution in [3.05, 3.63) is 58.7 Å². The van der Waals surface area contributed by atoms with Gasteiger partial charge in [0.1, 0.15) is 5.69 Å². The number of rotatable bonds is 3. The molecule has 1 atom stereocenters. The predicted molar refractivity (Wildman–Crippen MR) is 93.1 cm³/mol. The summed E-state index contributed by atoms with van der Waals surface area (Å²) in [5.41, 5.74) is 3.37. The zero-order valence-corrected chi connectivity index (χ0v) is 14.4. The number of hydrogen-bond donors (Lipinski definition) is 0. The molecule has 1 heterocycles. The average Bonchev–Trinajstić information content (AvgIpc) is 2.55. The highest BCUT2D eigenvalue weighted by molar-refractivity contribution is 7.84. The molecule has 0 spiro atoms. The van der Waals surface area contributed by atoms with Crippen LogP contribution in [0.3, 0.4) is 0 Å². The maximum absolute atomic E-state index is 11.3. The monoisotopic (exact) mass is 363 g/mol. The first-order valence-corrected chi connectivity index (χ1v) is 8.95. The fraction of sp³-hybridized carbons (Fsp3) is 0.0625. The van der Waals surface area contributed by atoms with E-state index in [-0.39, 0.29) is 5.16 Å². The molecule has 116 valence electrons. The standard InChI is InChI=1S/C16H11Cl2N3OS/c1-23(22)16-19-9-15(20-21-16)11-4-2-10(3-5-11)13-7-6-12(17)8-14(13)18/h2-9H,1H3. The van der Waals surface area contributed by atoms with E-state index in [9.17, 15) is 4.21 Å². The van der Waals surface area contributed by atoms with Crippen LogP contribution in [0.1, 0.15) is 0 Å². The molecule has 23 heavy (non-hydrogen) atoms. The predicted octanol–water partition coefficient (Wildman–Crippen LogP) is 4.25. The molecular weight excluding hydrogens is 353 g/mol. The van der Waals surface area contributed by atoms with Crippen LogP contribution in [-0.4, -0.2) is 25.6 Å². The van der Waals surface area contributed by atoms with Crippen LogP contribution < -0.4 is 0 Å². The Morgan fingerprint density at radius 2 is 1.65 bits per heavy atom. The summed E-state index contributed by atoms with van der Waals surface area (Å²) in [6.45, 7) is 0. The van der Waals surface area contributed by atoms with Crippen molar-refractivity contribution in [2.75, 3.05) is 6.26 Å². The zero-order chi connectivity index (χ0) is 16.4. The summed E-state index contributed by atoms with van der Waals surface area (Å²) >= 11 is 12.1. The molecule has 0 radical (unpaired) electrons. The molecule has 7 heteroatoms. The van der Waals surface area contributed by atoms with E-state index in [1.54, 1.807) is 18.3 Å². The van der Waals surface area contributed by atoms with Gasteiger partial charge in [0.15, 0.2) is 0 Å². The van der Waals surface area contributed by atoms with Crippen molar-refractivity contribution in [2.24, 2.45) is 0 Å². The Bertz CT molecular complexity index is 867. The number of aromatic nitrogens is 3. The van der Waals surface area contributed by atoms with Crippen LogP contribution in [0.4, 0.5) is 0 Å². The summed E-state index contributed by atoms with van der Waals surface area (Å²) in [4.78, 5) is 4.05. The summed E-state index contributed by atoms with van der Waals surface area (Å²) in [5, 5.41) is 9.34. The second-order valence-electron chi connectivity index (χ2n) is 4.78. The summed E-state index contributed by atoms with van der Waals surface area (Å²) in [6, 6.07) is 13.1. The van der Waals surface area contributed by atoms with E-state index in [0.717, 1.165) is 16.7 Å². The Balaban J connectivity index is 1.91. The first-order valence-electron chi connectivity index (χ1n) is 6.63. The Kier molecular flexibility index (Phi) is 4.71. The van der Waals surface area contributed by atoms with Gasteiger partial charge < -0.3 is 0 Å². The molecule has 3 aromatic rings. The number of nitrogens with zero attached hydrogens (tertiary/aromatic N) is 3. The van der Waals surface area contributed by atoms with Crippen molar-refractivity contribution >= 4 is 34.0 Å². The SMILES string of the molecule is CS(=O)c1ncc(-c2ccc(-c3ccc(Cl)cc3Cl)cc2)nn1. The van der Waals surface area contributed by atoms with E-state index < -0.39 is 10.8 Å². The first-order chi connectivity index (χ1) is 11.0. The fourth-order valence-corrected chi connectivity index (χ4v) is 2.95. The lowest BCUT2D eigenvalue weighted by Crippen LogP contribution is -1.99. The van der Waals surface area contributed by atoms with Crippen molar-refractivity contribution in [1.29, 1.82) is 0 Å². The van der Waals surface area contributed by atoms with Crippen LogP contribution in [0.25, 0.3) is 22.4 Å². The van der Waals surface area contributed by atoms with E-state index >= 15 is 0 Å². The minimum absolute atomic E-state index is 0.221. The molecular formula is C16H11Cl2N3OS. The van der Waals surface area contributed by atoms with Crippen LogP contribution in [0.2, 0.25) is 10.0 Å². The molecule has 0 fully saturated rings. The lowest BCUT2D eigenvalue weighted by Gasteiger charge is -2.06. The van der Waals surface area contributed by atoms with Crippen molar-refractivity contribution < 1.29 is 4.21 Å². The number of halogens is 2. The highest BCUT2D eigenvalue weighted by atomic mass is 35.5. The van der Waals surface area contributed by atoms with Crippen LogP contribution in [0.5, 0.6) is 0 Å². The number of hydrogen-bond acceptors (Lipinski definition) is 4. The molecule has 0 N–H and O–H groups in total. The quantitative estimate of drug-likeness (QED) is 0.697. The topological polar surface area (TPSA) is 55.7 Å². The van der Waals surface area contributed by atoms with Gasteiger partial charge in [0.2, 0.25) is 5.16 Å². The van der Waals surface area contributed by atoms with Gasteiger partial charge >= 0.3 is 0 Å².